The number of fused-ring (bicyclic) bond motifs is 1. The lowest BCUT2D eigenvalue weighted by molar-refractivity contribution is 0.0950. The average molecular weight is 359 g/mol. The SMILES string of the molecule is C=C/C=C(\C=C)COc1ccc(CNC(=O)c2ccc3nccn3c2)cc1. The van der Waals surface area contributed by atoms with Gasteiger partial charge in [-0.05, 0) is 35.4 Å². The van der Waals surface area contributed by atoms with Crippen LogP contribution < -0.4 is 10.1 Å². The Bertz CT molecular complexity index is 984. The number of rotatable bonds is 8. The van der Waals surface area contributed by atoms with Gasteiger partial charge in [0.1, 0.15) is 18.0 Å². The molecule has 2 aromatic heterocycles. The first-order valence-corrected chi connectivity index (χ1v) is 8.56. The van der Waals surface area contributed by atoms with Crippen LogP contribution in [0.4, 0.5) is 0 Å². The summed E-state index contributed by atoms with van der Waals surface area (Å²) in [6, 6.07) is 11.2. The van der Waals surface area contributed by atoms with Gasteiger partial charge in [0.2, 0.25) is 0 Å². The van der Waals surface area contributed by atoms with Crippen LogP contribution in [0.2, 0.25) is 0 Å². The number of aromatic nitrogens is 2. The third-order valence-electron chi connectivity index (χ3n) is 4.03. The van der Waals surface area contributed by atoms with Gasteiger partial charge in [0.05, 0.1) is 5.56 Å². The third kappa shape index (κ3) is 4.73. The highest BCUT2D eigenvalue weighted by atomic mass is 16.5. The maximum atomic E-state index is 12.3. The molecule has 0 unspecified atom stereocenters. The van der Waals surface area contributed by atoms with Gasteiger partial charge in [-0.2, -0.15) is 0 Å². The van der Waals surface area contributed by atoms with Crippen LogP contribution in [0.25, 0.3) is 5.65 Å². The topological polar surface area (TPSA) is 55.6 Å². The first kappa shape index (κ1) is 18.2. The zero-order chi connectivity index (χ0) is 19.1. The Morgan fingerprint density at radius 1 is 1.19 bits per heavy atom. The molecule has 0 aliphatic carbocycles. The summed E-state index contributed by atoms with van der Waals surface area (Å²) in [4.78, 5) is 16.5. The number of benzene rings is 1. The van der Waals surface area contributed by atoms with Gasteiger partial charge in [-0.3, -0.25) is 4.79 Å². The monoisotopic (exact) mass is 359 g/mol. The number of pyridine rings is 1. The number of allylic oxidation sites excluding steroid dienone is 2. The lowest BCUT2D eigenvalue weighted by Gasteiger charge is -2.09. The summed E-state index contributed by atoms with van der Waals surface area (Å²) in [7, 11) is 0. The largest absolute Gasteiger partial charge is 0.489 e. The van der Waals surface area contributed by atoms with E-state index < -0.39 is 0 Å². The molecular formula is C22H21N3O2. The molecule has 0 atom stereocenters. The molecule has 136 valence electrons. The van der Waals surface area contributed by atoms with Crippen molar-refractivity contribution in [2.75, 3.05) is 6.61 Å². The number of hydrogen-bond donors (Lipinski definition) is 1. The summed E-state index contributed by atoms with van der Waals surface area (Å²) in [6.07, 6.45) is 10.6. The van der Waals surface area contributed by atoms with Crippen LogP contribution in [0.5, 0.6) is 5.75 Å². The number of ether oxygens (including phenoxy) is 1. The van der Waals surface area contributed by atoms with Crippen LogP contribution in [0.1, 0.15) is 15.9 Å². The van der Waals surface area contributed by atoms with Crippen LogP contribution in [0.3, 0.4) is 0 Å². The van der Waals surface area contributed by atoms with Gasteiger partial charge in [0, 0.05) is 25.1 Å². The highest BCUT2D eigenvalue weighted by molar-refractivity contribution is 5.94. The normalized spacial score (nSPS) is 11.2. The standard InChI is InChI=1S/C22H21N3O2/c1-3-5-17(4-2)16-27-20-9-6-18(7-10-20)14-24-22(26)19-8-11-21-23-12-13-25(21)15-19/h3-13,15H,1-2,14,16H2,(H,24,26)/b17-5+. The second-order valence-corrected chi connectivity index (χ2v) is 5.91. The van der Waals surface area contributed by atoms with Crippen LogP contribution in [0.15, 0.2) is 91.9 Å². The number of hydrogen-bond acceptors (Lipinski definition) is 3. The minimum atomic E-state index is -0.129. The molecule has 1 aromatic carbocycles. The number of carbonyl (C=O) groups excluding carboxylic acids is 1. The van der Waals surface area contributed by atoms with Gasteiger partial charge < -0.3 is 14.5 Å². The van der Waals surface area contributed by atoms with Crippen LogP contribution in [-0.2, 0) is 6.54 Å². The zero-order valence-corrected chi connectivity index (χ0v) is 15.0. The first-order chi connectivity index (χ1) is 13.2. The second kappa shape index (κ2) is 8.67. The summed E-state index contributed by atoms with van der Waals surface area (Å²) < 4.78 is 7.53. The van der Waals surface area contributed by atoms with Gasteiger partial charge in [-0.15, -0.1) is 0 Å². The van der Waals surface area contributed by atoms with Crippen molar-refractivity contribution in [2.45, 2.75) is 6.54 Å². The molecule has 0 bridgehead atoms. The molecule has 0 spiro atoms. The highest BCUT2D eigenvalue weighted by Crippen LogP contribution is 2.14. The van der Waals surface area contributed by atoms with E-state index >= 15 is 0 Å². The summed E-state index contributed by atoms with van der Waals surface area (Å²) in [5.41, 5.74) is 3.34. The fourth-order valence-electron chi connectivity index (χ4n) is 2.54. The fourth-order valence-corrected chi connectivity index (χ4v) is 2.54. The third-order valence-corrected chi connectivity index (χ3v) is 4.03. The molecule has 1 N–H and O–H groups in total. The average Bonchev–Trinajstić information content (AvgIpc) is 3.18. The van der Waals surface area contributed by atoms with E-state index in [1.807, 2.05) is 47.0 Å². The Labute approximate surface area is 158 Å². The smallest absolute Gasteiger partial charge is 0.253 e. The minimum absolute atomic E-state index is 0.129. The molecular weight excluding hydrogens is 338 g/mol. The van der Waals surface area contributed by atoms with Gasteiger partial charge in [-0.25, -0.2) is 4.98 Å². The summed E-state index contributed by atoms with van der Waals surface area (Å²) >= 11 is 0. The zero-order valence-electron chi connectivity index (χ0n) is 15.0. The summed E-state index contributed by atoms with van der Waals surface area (Å²) in [6.45, 7) is 8.28. The van der Waals surface area contributed by atoms with Gasteiger partial charge in [-0.1, -0.05) is 43.5 Å². The summed E-state index contributed by atoms with van der Waals surface area (Å²) in [5, 5.41) is 2.92. The minimum Gasteiger partial charge on any atom is -0.489 e. The predicted octanol–water partition coefficient (Wildman–Crippen LogP) is 3.94. The van der Waals surface area contributed by atoms with Crippen molar-refractivity contribution in [3.63, 3.8) is 0 Å². The number of amides is 1. The number of nitrogens with one attached hydrogen (secondary N) is 1. The van der Waals surface area contributed by atoms with E-state index in [0.29, 0.717) is 18.7 Å². The van der Waals surface area contributed by atoms with Crippen molar-refractivity contribution in [1.29, 1.82) is 0 Å². The lowest BCUT2D eigenvalue weighted by Crippen LogP contribution is -2.23. The number of nitrogens with zero attached hydrogens (tertiary/aromatic N) is 2. The number of imidazole rings is 1. The van der Waals surface area contributed by atoms with E-state index in [1.165, 1.54) is 0 Å². The molecule has 3 aromatic rings. The van der Waals surface area contributed by atoms with Crippen molar-refractivity contribution in [3.8, 4) is 5.75 Å². The molecule has 0 fully saturated rings. The summed E-state index contributed by atoms with van der Waals surface area (Å²) in [5.74, 6) is 0.628. The Morgan fingerprint density at radius 3 is 2.74 bits per heavy atom. The molecule has 0 aliphatic heterocycles. The van der Waals surface area contributed by atoms with Gasteiger partial charge in [0.15, 0.2) is 0 Å². The molecule has 5 nitrogen and oxygen atoms in total. The van der Waals surface area contributed by atoms with E-state index in [9.17, 15) is 4.79 Å². The van der Waals surface area contributed by atoms with Crippen LogP contribution >= 0.6 is 0 Å². The number of carbonyl (C=O) groups is 1. The van der Waals surface area contributed by atoms with Crippen molar-refractivity contribution >= 4 is 11.6 Å². The van der Waals surface area contributed by atoms with Crippen molar-refractivity contribution in [2.24, 2.45) is 0 Å². The highest BCUT2D eigenvalue weighted by Gasteiger charge is 2.07. The van der Waals surface area contributed by atoms with Crippen molar-refractivity contribution in [1.82, 2.24) is 14.7 Å². The van der Waals surface area contributed by atoms with Crippen molar-refractivity contribution < 1.29 is 9.53 Å². The second-order valence-electron chi connectivity index (χ2n) is 5.91. The van der Waals surface area contributed by atoms with E-state index in [-0.39, 0.29) is 5.91 Å². The van der Waals surface area contributed by atoms with Crippen molar-refractivity contribution in [3.05, 3.63) is 103 Å². The molecule has 0 saturated carbocycles. The molecule has 0 saturated heterocycles. The van der Waals surface area contributed by atoms with E-state index in [2.05, 4.69) is 23.5 Å². The van der Waals surface area contributed by atoms with Crippen LogP contribution in [0, 0.1) is 0 Å². The van der Waals surface area contributed by atoms with E-state index in [0.717, 1.165) is 22.5 Å². The molecule has 0 aliphatic rings. The maximum absolute atomic E-state index is 12.3. The maximum Gasteiger partial charge on any atom is 0.253 e. The van der Waals surface area contributed by atoms with E-state index in [1.54, 1.807) is 30.6 Å². The van der Waals surface area contributed by atoms with Gasteiger partial charge in [0.25, 0.3) is 5.91 Å². The van der Waals surface area contributed by atoms with Gasteiger partial charge >= 0.3 is 0 Å². The van der Waals surface area contributed by atoms with Crippen LogP contribution in [-0.4, -0.2) is 21.9 Å². The van der Waals surface area contributed by atoms with E-state index in [4.69, 9.17) is 4.74 Å². The quantitative estimate of drug-likeness (QED) is 0.620. The molecule has 0 radical (unpaired) electrons. The first-order valence-electron chi connectivity index (χ1n) is 8.56. The molecule has 3 rings (SSSR count). The molecule has 2 heterocycles. The fraction of sp³-hybridized carbons (Fsp3) is 0.0909. The molecule has 27 heavy (non-hydrogen) atoms. The Hall–Kier alpha value is -3.60. The lowest BCUT2D eigenvalue weighted by atomic mass is 10.2. The Balaban J connectivity index is 1.54. The predicted molar refractivity (Wildman–Crippen MR) is 107 cm³/mol. The molecule has 5 heteroatoms. The Kier molecular flexibility index (Phi) is 5.84. The Morgan fingerprint density at radius 2 is 2.00 bits per heavy atom. The molecule has 1 amide bonds.